The predicted octanol–water partition coefficient (Wildman–Crippen LogP) is 3.12. The number of hydrogen-bond donors (Lipinski definition) is 1. The third-order valence-corrected chi connectivity index (χ3v) is 6.53. The maximum atomic E-state index is 12.7. The third-order valence-electron chi connectivity index (χ3n) is 5.59. The lowest BCUT2D eigenvalue weighted by atomic mass is 9.88. The second kappa shape index (κ2) is 8.45. The number of piperazine rings is 1. The molecule has 24 heavy (non-hydrogen) atoms. The van der Waals surface area contributed by atoms with Gasteiger partial charge in [-0.1, -0.05) is 25.3 Å². The van der Waals surface area contributed by atoms with Gasteiger partial charge < -0.3 is 10.2 Å². The van der Waals surface area contributed by atoms with Crippen molar-refractivity contribution in [3.63, 3.8) is 0 Å². The van der Waals surface area contributed by atoms with Crippen LogP contribution in [0.15, 0.2) is 17.5 Å². The number of rotatable bonds is 5. The van der Waals surface area contributed by atoms with E-state index >= 15 is 0 Å². The van der Waals surface area contributed by atoms with Crippen LogP contribution in [0, 0.1) is 5.92 Å². The Morgan fingerprint density at radius 1 is 1.21 bits per heavy atom. The van der Waals surface area contributed by atoms with Gasteiger partial charge in [-0.15, -0.1) is 11.3 Å². The smallest absolute Gasteiger partial charge is 0.223 e. The van der Waals surface area contributed by atoms with Crippen LogP contribution in [0.25, 0.3) is 0 Å². The van der Waals surface area contributed by atoms with Crippen molar-refractivity contribution in [2.24, 2.45) is 5.92 Å². The van der Waals surface area contributed by atoms with Crippen LogP contribution in [0.3, 0.4) is 0 Å². The Morgan fingerprint density at radius 2 is 1.92 bits per heavy atom. The SMILES string of the molecule is C[C@H](NC(=O)C1CCCCC1)[C@@H](c1cccs1)N1CCN(C)CC1. The fraction of sp³-hybridized carbons (Fsp3) is 0.737. The molecule has 3 rings (SSSR count). The molecule has 1 aliphatic heterocycles. The minimum absolute atomic E-state index is 0.154. The first-order valence-electron chi connectivity index (χ1n) is 9.41. The average molecular weight is 350 g/mol. The average Bonchev–Trinajstić information content (AvgIpc) is 3.11. The minimum atomic E-state index is 0.154. The van der Waals surface area contributed by atoms with Crippen molar-refractivity contribution >= 4 is 17.2 Å². The summed E-state index contributed by atoms with van der Waals surface area (Å²) in [5.41, 5.74) is 0. The Morgan fingerprint density at radius 3 is 2.54 bits per heavy atom. The Kier molecular flexibility index (Phi) is 6.31. The van der Waals surface area contributed by atoms with Gasteiger partial charge in [-0.25, -0.2) is 0 Å². The van der Waals surface area contributed by atoms with Crippen molar-refractivity contribution in [2.45, 2.75) is 51.1 Å². The fourth-order valence-electron chi connectivity index (χ4n) is 4.09. The van der Waals surface area contributed by atoms with E-state index in [1.807, 2.05) is 11.3 Å². The first-order chi connectivity index (χ1) is 11.6. The topological polar surface area (TPSA) is 35.6 Å². The Labute approximate surface area is 150 Å². The standard InChI is InChI=1S/C19H31N3OS/c1-15(20-19(23)16-7-4-3-5-8-16)18(17-9-6-14-24-17)22-12-10-21(2)11-13-22/h6,9,14-16,18H,3-5,7-8,10-13H2,1-2H3,(H,20,23)/t15-,18-/m0/s1. The Balaban J connectivity index is 1.66. The third kappa shape index (κ3) is 4.38. The quantitative estimate of drug-likeness (QED) is 0.887. The fourth-order valence-corrected chi connectivity index (χ4v) is 5.05. The molecule has 1 aromatic rings. The lowest BCUT2D eigenvalue weighted by molar-refractivity contribution is -0.127. The van der Waals surface area contributed by atoms with Crippen molar-refractivity contribution in [3.05, 3.63) is 22.4 Å². The van der Waals surface area contributed by atoms with Crippen molar-refractivity contribution in [1.29, 1.82) is 0 Å². The summed E-state index contributed by atoms with van der Waals surface area (Å²) in [5.74, 6) is 0.510. The minimum Gasteiger partial charge on any atom is -0.351 e. The summed E-state index contributed by atoms with van der Waals surface area (Å²) < 4.78 is 0. The van der Waals surface area contributed by atoms with Gasteiger partial charge >= 0.3 is 0 Å². The molecule has 1 saturated carbocycles. The molecule has 1 aromatic heterocycles. The monoisotopic (exact) mass is 349 g/mol. The van der Waals surface area contributed by atoms with Gasteiger partial charge in [-0.05, 0) is 38.3 Å². The van der Waals surface area contributed by atoms with E-state index in [0.717, 1.165) is 39.0 Å². The molecule has 1 N–H and O–H groups in total. The van der Waals surface area contributed by atoms with Crippen LogP contribution in [0.5, 0.6) is 0 Å². The van der Waals surface area contributed by atoms with Crippen LogP contribution in [0.1, 0.15) is 49.9 Å². The van der Waals surface area contributed by atoms with Gasteiger partial charge in [-0.3, -0.25) is 9.69 Å². The largest absolute Gasteiger partial charge is 0.351 e. The first kappa shape index (κ1) is 17.9. The molecule has 0 spiro atoms. The zero-order valence-corrected chi connectivity index (χ0v) is 15.9. The van der Waals surface area contributed by atoms with Crippen LogP contribution in [-0.4, -0.2) is 55.0 Å². The summed E-state index contributed by atoms with van der Waals surface area (Å²) in [4.78, 5) is 19.0. The molecule has 5 heteroatoms. The molecule has 2 atom stereocenters. The van der Waals surface area contributed by atoms with Crippen LogP contribution in [-0.2, 0) is 4.79 Å². The van der Waals surface area contributed by atoms with E-state index in [-0.39, 0.29) is 17.9 Å². The molecular formula is C19H31N3OS. The van der Waals surface area contributed by atoms with Crippen molar-refractivity contribution in [3.8, 4) is 0 Å². The Bertz CT molecular complexity index is 505. The highest BCUT2D eigenvalue weighted by molar-refractivity contribution is 7.10. The van der Waals surface area contributed by atoms with Gasteiger partial charge in [0.2, 0.25) is 5.91 Å². The van der Waals surface area contributed by atoms with Gasteiger partial charge in [0.1, 0.15) is 0 Å². The molecule has 0 bridgehead atoms. The molecule has 4 nitrogen and oxygen atoms in total. The van der Waals surface area contributed by atoms with Gasteiger partial charge in [0.25, 0.3) is 0 Å². The summed E-state index contributed by atoms with van der Waals surface area (Å²) in [7, 11) is 2.19. The molecule has 0 unspecified atom stereocenters. The van der Waals surface area contributed by atoms with Crippen molar-refractivity contribution in [1.82, 2.24) is 15.1 Å². The number of amides is 1. The highest BCUT2D eigenvalue weighted by Gasteiger charge is 2.31. The second-order valence-electron chi connectivity index (χ2n) is 7.43. The summed E-state index contributed by atoms with van der Waals surface area (Å²) >= 11 is 1.81. The Hall–Kier alpha value is -0.910. The number of carbonyl (C=O) groups excluding carboxylic acids is 1. The van der Waals surface area contributed by atoms with Crippen LogP contribution < -0.4 is 5.32 Å². The molecule has 0 radical (unpaired) electrons. The van der Waals surface area contributed by atoms with E-state index in [4.69, 9.17) is 0 Å². The lowest BCUT2D eigenvalue weighted by Gasteiger charge is -2.40. The summed E-state index contributed by atoms with van der Waals surface area (Å²) in [6, 6.07) is 4.79. The van der Waals surface area contributed by atoms with E-state index in [1.165, 1.54) is 24.1 Å². The molecule has 2 aliphatic rings. The van der Waals surface area contributed by atoms with Gasteiger partial charge in [0, 0.05) is 43.0 Å². The maximum Gasteiger partial charge on any atom is 0.223 e. The maximum absolute atomic E-state index is 12.7. The predicted molar refractivity (Wildman–Crippen MR) is 100 cm³/mol. The summed E-state index contributed by atoms with van der Waals surface area (Å²) in [6.07, 6.45) is 5.84. The van der Waals surface area contributed by atoms with Crippen LogP contribution in [0.2, 0.25) is 0 Å². The molecule has 1 saturated heterocycles. The van der Waals surface area contributed by atoms with E-state index in [2.05, 4.69) is 46.6 Å². The van der Waals surface area contributed by atoms with Gasteiger partial charge in [-0.2, -0.15) is 0 Å². The molecule has 0 aromatic carbocycles. The molecule has 1 aliphatic carbocycles. The van der Waals surface area contributed by atoms with E-state index in [9.17, 15) is 4.79 Å². The van der Waals surface area contributed by atoms with Crippen molar-refractivity contribution < 1.29 is 4.79 Å². The zero-order valence-electron chi connectivity index (χ0n) is 15.0. The van der Waals surface area contributed by atoms with Crippen molar-refractivity contribution in [2.75, 3.05) is 33.2 Å². The molecular weight excluding hydrogens is 318 g/mol. The normalized spacial score (nSPS) is 23.8. The van der Waals surface area contributed by atoms with Gasteiger partial charge in [0.05, 0.1) is 6.04 Å². The number of hydrogen-bond acceptors (Lipinski definition) is 4. The number of nitrogens with one attached hydrogen (secondary N) is 1. The van der Waals surface area contributed by atoms with Crippen LogP contribution in [0.4, 0.5) is 0 Å². The number of likely N-dealkylation sites (N-methyl/N-ethyl adjacent to an activating group) is 1. The van der Waals surface area contributed by atoms with Crippen LogP contribution >= 0.6 is 11.3 Å². The molecule has 134 valence electrons. The number of carbonyl (C=O) groups is 1. The van der Waals surface area contributed by atoms with Gasteiger partial charge in [0.15, 0.2) is 0 Å². The number of thiophene rings is 1. The molecule has 1 amide bonds. The van der Waals surface area contributed by atoms with E-state index in [1.54, 1.807) is 0 Å². The summed E-state index contributed by atoms with van der Waals surface area (Å²) in [6.45, 7) is 6.53. The summed E-state index contributed by atoms with van der Waals surface area (Å²) in [5, 5.41) is 5.51. The second-order valence-corrected chi connectivity index (χ2v) is 8.41. The van der Waals surface area contributed by atoms with E-state index in [0.29, 0.717) is 6.04 Å². The highest BCUT2D eigenvalue weighted by atomic mass is 32.1. The number of nitrogens with zero attached hydrogens (tertiary/aromatic N) is 2. The lowest BCUT2D eigenvalue weighted by Crippen LogP contribution is -2.52. The first-order valence-corrected chi connectivity index (χ1v) is 10.3. The zero-order chi connectivity index (χ0) is 16.9. The molecule has 2 fully saturated rings. The van der Waals surface area contributed by atoms with E-state index < -0.39 is 0 Å². The highest BCUT2D eigenvalue weighted by Crippen LogP contribution is 2.30. The molecule has 2 heterocycles.